The van der Waals surface area contributed by atoms with Gasteiger partial charge >= 0.3 is 6.09 Å². The van der Waals surface area contributed by atoms with E-state index in [-0.39, 0.29) is 6.61 Å². The summed E-state index contributed by atoms with van der Waals surface area (Å²) in [6, 6.07) is 7.11. The molecular formula is C12H15NO4. The third-order valence-electron chi connectivity index (χ3n) is 2.77. The summed E-state index contributed by atoms with van der Waals surface area (Å²) in [5.74, 6) is 0.728. The minimum Gasteiger partial charge on any atom is -0.497 e. The van der Waals surface area contributed by atoms with Crippen LogP contribution in [0.4, 0.5) is 10.5 Å². The van der Waals surface area contributed by atoms with E-state index in [9.17, 15) is 4.79 Å². The Morgan fingerprint density at radius 3 is 2.59 bits per heavy atom. The van der Waals surface area contributed by atoms with Crippen molar-refractivity contribution >= 4 is 11.8 Å². The van der Waals surface area contributed by atoms with E-state index in [4.69, 9.17) is 14.6 Å². The zero-order chi connectivity index (χ0) is 12.5. The van der Waals surface area contributed by atoms with Gasteiger partial charge in [0.1, 0.15) is 5.75 Å². The fourth-order valence-corrected chi connectivity index (χ4v) is 1.74. The number of nitrogens with zero attached hydrogens (tertiary/aromatic N) is 1. The Balaban J connectivity index is 2.20. The van der Waals surface area contributed by atoms with Gasteiger partial charge in [-0.15, -0.1) is 0 Å². The van der Waals surface area contributed by atoms with Gasteiger partial charge in [0.15, 0.2) is 5.60 Å². The highest BCUT2D eigenvalue weighted by Gasteiger charge is 2.41. The van der Waals surface area contributed by atoms with Crippen LogP contribution < -0.4 is 9.64 Å². The second kappa shape index (κ2) is 4.25. The molecule has 1 aromatic carbocycles. The summed E-state index contributed by atoms with van der Waals surface area (Å²) in [5.41, 5.74) is -0.0928. The fourth-order valence-electron chi connectivity index (χ4n) is 1.74. The first-order valence-electron chi connectivity index (χ1n) is 5.33. The molecule has 17 heavy (non-hydrogen) atoms. The Kier molecular flexibility index (Phi) is 2.93. The SMILES string of the molecule is COc1ccc(N2CC(C)(CO)OC2=O)cc1. The quantitative estimate of drug-likeness (QED) is 0.863. The molecule has 5 heteroatoms. The molecule has 5 nitrogen and oxygen atoms in total. The van der Waals surface area contributed by atoms with Crippen LogP contribution in [-0.2, 0) is 4.74 Å². The number of carbonyl (C=O) groups excluding carboxylic acids is 1. The monoisotopic (exact) mass is 237 g/mol. The van der Waals surface area contributed by atoms with Crippen LogP contribution in [0, 0.1) is 0 Å². The molecule has 0 spiro atoms. The van der Waals surface area contributed by atoms with Gasteiger partial charge in [0.05, 0.1) is 20.3 Å². The Morgan fingerprint density at radius 2 is 2.12 bits per heavy atom. The van der Waals surface area contributed by atoms with Crippen LogP contribution in [0.15, 0.2) is 24.3 Å². The highest BCUT2D eigenvalue weighted by molar-refractivity contribution is 5.90. The van der Waals surface area contributed by atoms with Crippen molar-refractivity contribution in [3.63, 3.8) is 0 Å². The molecule has 1 aliphatic rings. The van der Waals surface area contributed by atoms with E-state index in [1.165, 1.54) is 4.90 Å². The molecule has 0 bridgehead atoms. The van der Waals surface area contributed by atoms with Crippen molar-refractivity contribution in [2.45, 2.75) is 12.5 Å². The smallest absolute Gasteiger partial charge is 0.415 e. The standard InChI is InChI=1S/C12H15NO4/c1-12(8-14)7-13(11(15)17-12)9-3-5-10(16-2)6-4-9/h3-6,14H,7-8H2,1-2H3. The summed E-state index contributed by atoms with van der Waals surface area (Å²) in [7, 11) is 1.59. The number of aliphatic hydroxyl groups is 1. The van der Waals surface area contributed by atoms with Crippen LogP contribution in [0.2, 0.25) is 0 Å². The number of methoxy groups -OCH3 is 1. The molecule has 1 amide bonds. The maximum absolute atomic E-state index is 11.7. The number of aliphatic hydroxyl groups excluding tert-OH is 1. The number of carbonyl (C=O) groups is 1. The second-order valence-corrected chi connectivity index (χ2v) is 4.26. The Hall–Kier alpha value is -1.75. The first kappa shape index (κ1) is 11.7. The Labute approximate surface area is 99.6 Å². The molecule has 0 aromatic heterocycles. The molecule has 1 aromatic rings. The van der Waals surface area contributed by atoms with Crippen molar-refractivity contribution in [1.82, 2.24) is 0 Å². The van der Waals surface area contributed by atoms with Crippen molar-refractivity contribution in [3.8, 4) is 5.75 Å². The van der Waals surface area contributed by atoms with Crippen LogP contribution >= 0.6 is 0 Å². The molecule has 2 rings (SSSR count). The summed E-state index contributed by atoms with van der Waals surface area (Å²) in [4.78, 5) is 13.2. The van der Waals surface area contributed by atoms with E-state index in [0.29, 0.717) is 6.54 Å². The van der Waals surface area contributed by atoms with Crippen LogP contribution in [0.1, 0.15) is 6.92 Å². The zero-order valence-electron chi connectivity index (χ0n) is 9.84. The molecule has 1 unspecified atom stereocenters. The number of benzene rings is 1. The van der Waals surface area contributed by atoms with Gasteiger partial charge in [-0.1, -0.05) is 0 Å². The predicted molar refractivity (Wildman–Crippen MR) is 62.3 cm³/mol. The third kappa shape index (κ3) is 2.19. The van der Waals surface area contributed by atoms with Gasteiger partial charge < -0.3 is 14.6 Å². The maximum atomic E-state index is 11.7. The highest BCUT2D eigenvalue weighted by Crippen LogP contribution is 2.28. The number of ether oxygens (including phenoxy) is 2. The van der Waals surface area contributed by atoms with E-state index in [1.54, 1.807) is 38.3 Å². The second-order valence-electron chi connectivity index (χ2n) is 4.26. The lowest BCUT2D eigenvalue weighted by Crippen LogP contribution is -2.34. The van der Waals surface area contributed by atoms with Crippen molar-refractivity contribution < 1.29 is 19.4 Å². The van der Waals surface area contributed by atoms with Crippen molar-refractivity contribution in [3.05, 3.63) is 24.3 Å². The van der Waals surface area contributed by atoms with Crippen molar-refractivity contribution in [2.24, 2.45) is 0 Å². The van der Waals surface area contributed by atoms with Crippen molar-refractivity contribution in [1.29, 1.82) is 0 Å². The summed E-state index contributed by atoms with van der Waals surface area (Å²) in [6.45, 7) is 1.86. The van der Waals surface area contributed by atoms with Crippen molar-refractivity contribution in [2.75, 3.05) is 25.2 Å². The summed E-state index contributed by atoms with van der Waals surface area (Å²) >= 11 is 0. The maximum Gasteiger partial charge on any atom is 0.415 e. The Bertz CT molecular complexity index is 417. The highest BCUT2D eigenvalue weighted by atomic mass is 16.6. The van der Waals surface area contributed by atoms with Crippen LogP contribution in [0.25, 0.3) is 0 Å². The molecule has 1 N–H and O–H groups in total. The summed E-state index contributed by atoms with van der Waals surface area (Å²) in [6.07, 6.45) is -0.438. The van der Waals surface area contributed by atoms with E-state index in [2.05, 4.69) is 0 Å². The average molecular weight is 237 g/mol. The van der Waals surface area contributed by atoms with Gasteiger partial charge in [0.25, 0.3) is 0 Å². The first-order chi connectivity index (χ1) is 8.08. The third-order valence-corrected chi connectivity index (χ3v) is 2.77. The van der Waals surface area contributed by atoms with Crippen LogP contribution in [0.5, 0.6) is 5.75 Å². The summed E-state index contributed by atoms with van der Waals surface area (Å²) < 4.78 is 10.2. The van der Waals surface area contributed by atoms with Gasteiger partial charge in [0, 0.05) is 5.69 Å². The van der Waals surface area contributed by atoms with E-state index in [1.807, 2.05) is 0 Å². The van der Waals surface area contributed by atoms with Gasteiger partial charge in [-0.3, -0.25) is 4.90 Å². The Morgan fingerprint density at radius 1 is 1.47 bits per heavy atom. The molecule has 92 valence electrons. The van der Waals surface area contributed by atoms with E-state index >= 15 is 0 Å². The minimum atomic E-state index is -0.822. The molecule has 1 fully saturated rings. The lowest BCUT2D eigenvalue weighted by molar-refractivity contribution is 0.0219. The number of anilines is 1. The molecule has 1 saturated heterocycles. The zero-order valence-corrected chi connectivity index (χ0v) is 9.84. The van der Waals surface area contributed by atoms with Crippen LogP contribution in [-0.4, -0.2) is 37.1 Å². The molecule has 1 heterocycles. The molecule has 0 saturated carbocycles. The van der Waals surface area contributed by atoms with Gasteiger partial charge in [-0.2, -0.15) is 0 Å². The minimum absolute atomic E-state index is 0.189. The number of cyclic esters (lactones) is 1. The molecule has 0 aliphatic carbocycles. The lowest BCUT2D eigenvalue weighted by atomic mass is 10.1. The van der Waals surface area contributed by atoms with E-state index in [0.717, 1.165) is 11.4 Å². The largest absolute Gasteiger partial charge is 0.497 e. The molecule has 1 atom stereocenters. The summed E-state index contributed by atoms with van der Waals surface area (Å²) in [5, 5.41) is 9.17. The molecule has 0 radical (unpaired) electrons. The van der Waals surface area contributed by atoms with Gasteiger partial charge in [0.2, 0.25) is 0 Å². The van der Waals surface area contributed by atoms with Gasteiger partial charge in [-0.05, 0) is 31.2 Å². The number of rotatable bonds is 3. The number of amides is 1. The normalized spacial score (nSPS) is 23.7. The average Bonchev–Trinajstić information content (AvgIpc) is 2.66. The predicted octanol–water partition coefficient (Wildman–Crippen LogP) is 1.40. The van der Waals surface area contributed by atoms with Crippen LogP contribution in [0.3, 0.4) is 0 Å². The number of hydrogen-bond donors (Lipinski definition) is 1. The molecular weight excluding hydrogens is 222 g/mol. The first-order valence-corrected chi connectivity index (χ1v) is 5.33. The fraction of sp³-hybridized carbons (Fsp3) is 0.417. The molecule has 1 aliphatic heterocycles. The van der Waals surface area contributed by atoms with E-state index < -0.39 is 11.7 Å². The topological polar surface area (TPSA) is 59.0 Å². The van der Waals surface area contributed by atoms with Gasteiger partial charge in [-0.25, -0.2) is 4.79 Å². The lowest BCUT2D eigenvalue weighted by Gasteiger charge is -2.18. The number of hydrogen-bond acceptors (Lipinski definition) is 4.